The topological polar surface area (TPSA) is 25.8 Å². The van der Waals surface area contributed by atoms with Gasteiger partial charge in [-0.15, -0.1) is 0 Å². The first-order chi connectivity index (χ1) is 9.25. The zero-order chi connectivity index (χ0) is 14.9. The summed E-state index contributed by atoms with van der Waals surface area (Å²) in [6, 6.07) is 5.16. The molecule has 2 aromatic rings. The van der Waals surface area contributed by atoms with Crippen molar-refractivity contribution in [2.75, 3.05) is 0 Å². The van der Waals surface area contributed by atoms with Crippen LogP contribution in [0, 0.1) is 11.6 Å². The van der Waals surface area contributed by atoms with E-state index in [1.54, 1.807) is 6.07 Å². The van der Waals surface area contributed by atoms with Gasteiger partial charge in [-0.05, 0) is 17.7 Å². The van der Waals surface area contributed by atoms with E-state index >= 15 is 0 Å². The van der Waals surface area contributed by atoms with Gasteiger partial charge in [0.15, 0.2) is 0 Å². The van der Waals surface area contributed by atoms with Gasteiger partial charge < -0.3 is 0 Å². The zero-order valence-corrected chi connectivity index (χ0v) is 12.3. The molecule has 0 N–H and O–H groups in total. The van der Waals surface area contributed by atoms with Gasteiger partial charge in [0.2, 0.25) is 0 Å². The van der Waals surface area contributed by atoms with Crippen LogP contribution in [-0.4, -0.2) is 9.97 Å². The Kier molecular flexibility index (Phi) is 4.04. The molecule has 0 fully saturated rings. The van der Waals surface area contributed by atoms with E-state index in [1.165, 1.54) is 12.1 Å². The highest BCUT2D eigenvalue weighted by molar-refractivity contribution is 6.29. The molecule has 0 saturated heterocycles. The second-order valence-corrected chi connectivity index (χ2v) is 6.04. The third-order valence-electron chi connectivity index (χ3n) is 2.87. The normalized spacial score (nSPS) is 11.7. The molecule has 5 heteroatoms. The predicted octanol–water partition coefficient (Wildman–Crippen LogP) is 4.30. The Balaban J connectivity index is 2.36. The lowest BCUT2D eigenvalue weighted by molar-refractivity contribution is 0.559. The highest BCUT2D eigenvalue weighted by Crippen LogP contribution is 2.23. The van der Waals surface area contributed by atoms with Crippen molar-refractivity contribution in [3.05, 3.63) is 58.1 Å². The van der Waals surface area contributed by atoms with Gasteiger partial charge >= 0.3 is 0 Å². The minimum atomic E-state index is -0.606. The first-order valence-corrected chi connectivity index (χ1v) is 6.61. The Hall–Kier alpha value is -1.55. The number of rotatable bonds is 2. The van der Waals surface area contributed by atoms with Crippen molar-refractivity contribution in [1.29, 1.82) is 0 Å². The summed E-state index contributed by atoms with van der Waals surface area (Å²) in [5, 5.41) is 0.322. The molecule has 2 nitrogen and oxygen atoms in total. The lowest BCUT2D eigenvalue weighted by atomic mass is 9.92. The molecular formula is C15H15ClF2N2. The molecule has 1 heterocycles. The molecule has 0 aliphatic heterocycles. The van der Waals surface area contributed by atoms with E-state index in [0.717, 1.165) is 11.8 Å². The minimum absolute atomic E-state index is 0.176. The van der Waals surface area contributed by atoms with Crippen LogP contribution in [0.15, 0.2) is 24.3 Å². The molecule has 2 rings (SSSR count). The van der Waals surface area contributed by atoms with Gasteiger partial charge in [0.25, 0.3) is 0 Å². The molecule has 0 aliphatic carbocycles. The first kappa shape index (κ1) is 14.9. The third-order valence-corrected chi connectivity index (χ3v) is 3.07. The van der Waals surface area contributed by atoms with Crippen LogP contribution in [0.5, 0.6) is 0 Å². The van der Waals surface area contributed by atoms with E-state index in [2.05, 4.69) is 9.97 Å². The summed E-state index contributed by atoms with van der Waals surface area (Å²) < 4.78 is 26.5. The Morgan fingerprint density at radius 3 is 2.40 bits per heavy atom. The fourth-order valence-corrected chi connectivity index (χ4v) is 1.96. The molecule has 0 atom stereocenters. The lowest BCUT2D eigenvalue weighted by Gasteiger charge is -2.18. The van der Waals surface area contributed by atoms with Crippen molar-refractivity contribution in [3.8, 4) is 0 Å². The molecular weight excluding hydrogens is 282 g/mol. The predicted molar refractivity (Wildman–Crippen MR) is 74.9 cm³/mol. The Morgan fingerprint density at radius 1 is 1.10 bits per heavy atom. The summed E-state index contributed by atoms with van der Waals surface area (Å²) in [6.45, 7) is 6.02. The summed E-state index contributed by atoms with van der Waals surface area (Å²) in [5.74, 6) is -0.785. The van der Waals surface area contributed by atoms with Crippen LogP contribution in [0.2, 0.25) is 5.15 Å². The Labute approximate surface area is 121 Å². The number of hydrogen-bond donors (Lipinski definition) is 0. The van der Waals surface area contributed by atoms with Crippen molar-refractivity contribution in [1.82, 2.24) is 9.97 Å². The molecule has 1 aromatic carbocycles. The van der Waals surface area contributed by atoms with Gasteiger partial charge in [0, 0.05) is 17.9 Å². The van der Waals surface area contributed by atoms with Gasteiger partial charge in [-0.25, -0.2) is 18.7 Å². The molecule has 20 heavy (non-hydrogen) atoms. The van der Waals surface area contributed by atoms with Gasteiger partial charge in [0.1, 0.15) is 22.6 Å². The number of nitrogens with zero attached hydrogens (tertiary/aromatic N) is 2. The fourth-order valence-electron chi connectivity index (χ4n) is 1.76. The van der Waals surface area contributed by atoms with Crippen molar-refractivity contribution < 1.29 is 8.78 Å². The molecule has 0 spiro atoms. The van der Waals surface area contributed by atoms with E-state index in [1.807, 2.05) is 20.8 Å². The highest BCUT2D eigenvalue weighted by atomic mass is 35.5. The van der Waals surface area contributed by atoms with Crippen molar-refractivity contribution in [3.63, 3.8) is 0 Å². The third kappa shape index (κ3) is 3.51. The van der Waals surface area contributed by atoms with E-state index in [4.69, 9.17) is 11.6 Å². The van der Waals surface area contributed by atoms with E-state index in [-0.39, 0.29) is 11.8 Å². The summed E-state index contributed by atoms with van der Waals surface area (Å²) in [4.78, 5) is 8.51. The van der Waals surface area contributed by atoms with Gasteiger partial charge in [-0.1, -0.05) is 38.4 Å². The fraction of sp³-hybridized carbons (Fsp3) is 0.333. The molecule has 0 saturated carbocycles. The summed E-state index contributed by atoms with van der Waals surface area (Å²) in [5.41, 5.74) is 0.950. The second-order valence-electron chi connectivity index (χ2n) is 5.65. The van der Waals surface area contributed by atoms with Crippen molar-refractivity contribution in [2.45, 2.75) is 32.6 Å². The van der Waals surface area contributed by atoms with Crippen molar-refractivity contribution in [2.24, 2.45) is 0 Å². The maximum absolute atomic E-state index is 13.6. The monoisotopic (exact) mass is 296 g/mol. The number of hydrogen-bond acceptors (Lipinski definition) is 2. The number of halogens is 3. The molecule has 0 bridgehead atoms. The van der Waals surface area contributed by atoms with Crippen LogP contribution in [-0.2, 0) is 11.8 Å². The van der Waals surface area contributed by atoms with Gasteiger partial charge in [-0.2, -0.15) is 0 Å². The quantitative estimate of drug-likeness (QED) is 0.772. The van der Waals surface area contributed by atoms with Gasteiger partial charge in [0.05, 0.1) is 5.69 Å². The Bertz CT molecular complexity index is 636. The molecule has 0 unspecified atom stereocenters. The maximum atomic E-state index is 13.6. The van der Waals surface area contributed by atoms with Gasteiger partial charge in [-0.3, -0.25) is 0 Å². The summed E-state index contributed by atoms with van der Waals surface area (Å²) >= 11 is 5.98. The average molecular weight is 297 g/mol. The summed E-state index contributed by atoms with van der Waals surface area (Å²) in [7, 11) is 0. The largest absolute Gasteiger partial charge is 0.237 e. The molecule has 1 aromatic heterocycles. The van der Waals surface area contributed by atoms with E-state index in [0.29, 0.717) is 16.5 Å². The number of benzene rings is 1. The SMILES string of the molecule is CC(C)(C)c1cc(Cl)nc(Cc2ccc(F)cc2F)n1. The number of aromatic nitrogens is 2. The summed E-state index contributed by atoms with van der Waals surface area (Å²) in [6.07, 6.45) is 0.176. The highest BCUT2D eigenvalue weighted by Gasteiger charge is 2.18. The maximum Gasteiger partial charge on any atom is 0.134 e. The first-order valence-electron chi connectivity index (χ1n) is 6.23. The molecule has 0 radical (unpaired) electrons. The minimum Gasteiger partial charge on any atom is -0.237 e. The standard InChI is InChI=1S/C15H15ClF2N2/c1-15(2,3)12-8-13(16)20-14(19-12)6-9-4-5-10(17)7-11(9)18/h4-5,7-8H,6H2,1-3H3. The van der Waals surface area contributed by atoms with Crippen LogP contribution in [0.25, 0.3) is 0 Å². The molecule has 106 valence electrons. The van der Waals surface area contributed by atoms with Crippen LogP contribution >= 0.6 is 11.6 Å². The average Bonchev–Trinajstić information content (AvgIpc) is 2.31. The second kappa shape index (κ2) is 5.44. The lowest BCUT2D eigenvalue weighted by Crippen LogP contribution is -2.15. The smallest absolute Gasteiger partial charge is 0.134 e. The molecule has 0 amide bonds. The van der Waals surface area contributed by atoms with E-state index < -0.39 is 11.6 Å². The molecule has 0 aliphatic rings. The van der Waals surface area contributed by atoms with Crippen molar-refractivity contribution >= 4 is 11.6 Å². The van der Waals surface area contributed by atoms with Crippen LogP contribution in [0.1, 0.15) is 37.9 Å². The van der Waals surface area contributed by atoms with E-state index in [9.17, 15) is 8.78 Å². The zero-order valence-electron chi connectivity index (χ0n) is 11.5. The van der Waals surface area contributed by atoms with Crippen LogP contribution < -0.4 is 0 Å². The Morgan fingerprint density at radius 2 is 1.80 bits per heavy atom. The van der Waals surface area contributed by atoms with Crippen LogP contribution in [0.3, 0.4) is 0 Å². The van der Waals surface area contributed by atoms with Crippen LogP contribution in [0.4, 0.5) is 8.78 Å².